The molecule has 1 aromatic carbocycles. The van der Waals surface area contributed by atoms with Gasteiger partial charge in [0.15, 0.2) is 0 Å². The van der Waals surface area contributed by atoms with E-state index in [-0.39, 0.29) is 6.61 Å². The minimum Gasteiger partial charge on any atom is -0.394 e. The molecule has 0 saturated carbocycles. The van der Waals surface area contributed by atoms with Gasteiger partial charge in [-0.05, 0) is 31.4 Å². The highest BCUT2D eigenvalue weighted by molar-refractivity contribution is 5.72. The Morgan fingerprint density at radius 1 is 1.25 bits per heavy atom. The van der Waals surface area contributed by atoms with E-state index in [9.17, 15) is 5.11 Å². The molecule has 3 N–H and O–H groups in total. The molecule has 0 aliphatic carbocycles. The molecular formula is C16H27N3O. The maximum Gasteiger partial charge on any atom is 0.0611 e. The molecule has 1 aliphatic heterocycles. The van der Waals surface area contributed by atoms with Gasteiger partial charge in [-0.15, -0.1) is 0 Å². The molecule has 1 aromatic rings. The average molecular weight is 277 g/mol. The summed E-state index contributed by atoms with van der Waals surface area (Å²) in [6.45, 7) is 5.23. The molecule has 1 unspecified atom stereocenters. The number of aliphatic hydroxyl groups is 1. The third-order valence-electron chi connectivity index (χ3n) is 4.46. The summed E-state index contributed by atoms with van der Waals surface area (Å²) >= 11 is 0. The number of benzene rings is 1. The molecule has 4 heteroatoms. The zero-order chi connectivity index (χ0) is 14.6. The minimum atomic E-state index is -0.411. The van der Waals surface area contributed by atoms with Crippen LogP contribution in [0.3, 0.4) is 0 Å². The Morgan fingerprint density at radius 3 is 2.60 bits per heavy atom. The van der Waals surface area contributed by atoms with Crippen molar-refractivity contribution >= 4 is 11.4 Å². The lowest BCUT2D eigenvalue weighted by Gasteiger charge is -2.37. The van der Waals surface area contributed by atoms with E-state index >= 15 is 0 Å². The highest BCUT2D eigenvalue weighted by Crippen LogP contribution is 2.32. The number of nitrogens with two attached hydrogens (primary N) is 1. The maximum absolute atomic E-state index is 9.37. The smallest absolute Gasteiger partial charge is 0.0611 e. The molecule has 0 amide bonds. The van der Waals surface area contributed by atoms with Crippen LogP contribution < -0.4 is 15.5 Å². The van der Waals surface area contributed by atoms with Crippen molar-refractivity contribution < 1.29 is 5.11 Å². The quantitative estimate of drug-likeness (QED) is 0.833. The molecule has 1 aliphatic rings. The van der Waals surface area contributed by atoms with Crippen molar-refractivity contribution in [3.8, 4) is 0 Å². The molecular weight excluding hydrogens is 250 g/mol. The molecule has 1 heterocycles. The first kappa shape index (κ1) is 15.1. The number of likely N-dealkylation sites (N-methyl/N-ethyl adjacent to an activating group) is 1. The number of aliphatic hydroxyl groups excluding tert-OH is 1. The second kappa shape index (κ2) is 6.46. The van der Waals surface area contributed by atoms with Gasteiger partial charge >= 0.3 is 0 Å². The molecule has 0 saturated heterocycles. The van der Waals surface area contributed by atoms with E-state index in [0.717, 1.165) is 38.9 Å². The predicted octanol–water partition coefficient (Wildman–Crippen LogP) is 1.82. The van der Waals surface area contributed by atoms with E-state index in [0.29, 0.717) is 0 Å². The van der Waals surface area contributed by atoms with E-state index in [1.54, 1.807) is 0 Å². The van der Waals surface area contributed by atoms with Crippen molar-refractivity contribution in [1.29, 1.82) is 0 Å². The number of rotatable bonds is 6. The highest BCUT2D eigenvalue weighted by atomic mass is 16.3. The molecule has 0 aromatic heterocycles. The highest BCUT2D eigenvalue weighted by Gasteiger charge is 2.23. The van der Waals surface area contributed by atoms with Gasteiger partial charge in [0.1, 0.15) is 0 Å². The first-order chi connectivity index (χ1) is 9.59. The Balaban J connectivity index is 1.96. The van der Waals surface area contributed by atoms with Gasteiger partial charge in [0.05, 0.1) is 18.0 Å². The number of hydrogen-bond donors (Lipinski definition) is 2. The molecule has 20 heavy (non-hydrogen) atoms. The standard InChI is InChI=1S/C16H27N3O/c1-3-16(17,13-20)9-6-10-19-12-11-18(2)14-7-4-5-8-15(14)19/h4-5,7-8,20H,3,6,9-13,17H2,1-2H3. The largest absolute Gasteiger partial charge is 0.394 e. The lowest BCUT2D eigenvalue weighted by molar-refractivity contribution is 0.180. The van der Waals surface area contributed by atoms with Crippen molar-refractivity contribution in [3.63, 3.8) is 0 Å². The van der Waals surface area contributed by atoms with Crippen LogP contribution >= 0.6 is 0 Å². The van der Waals surface area contributed by atoms with Crippen LogP contribution in [0.2, 0.25) is 0 Å². The van der Waals surface area contributed by atoms with Gasteiger partial charge in [0.25, 0.3) is 0 Å². The Kier molecular flexibility index (Phi) is 4.89. The Morgan fingerprint density at radius 2 is 1.95 bits per heavy atom. The number of nitrogens with zero attached hydrogens (tertiary/aromatic N) is 2. The van der Waals surface area contributed by atoms with Crippen LogP contribution in [0, 0.1) is 0 Å². The van der Waals surface area contributed by atoms with Crippen molar-refractivity contribution in [2.45, 2.75) is 31.7 Å². The van der Waals surface area contributed by atoms with Crippen LogP contribution in [0.15, 0.2) is 24.3 Å². The zero-order valence-corrected chi connectivity index (χ0v) is 12.7. The van der Waals surface area contributed by atoms with Gasteiger partial charge in [-0.1, -0.05) is 19.1 Å². The Bertz CT molecular complexity index is 431. The second-order valence-electron chi connectivity index (χ2n) is 5.87. The number of hydrogen-bond acceptors (Lipinski definition) is 4. The number of fused-ring (bicyclic) bond motifs is 1. The van der Waals surface area contributed by atoms with E-state index < -0.39 is 5.54 Å². The van der Waals surface area contributed by atoms with E-state index in [4.69, 9.17) is 5.73 Å². The van der Waals surface area contributed by atoms with Gasteiger partial charge in [-0.25, -0.2) is 0 Å². The normalized spacial score (nSPS) is 17.8. The lowest BCUT2D eigenvalue weighted by atomic mass is 9.92. The van der Waals surface area contributed by atoms with Gasteiger partial charge in [0.2, 0.25) is 0 Å². The summed E-state index contributed by atoms with van der Waals surface area (Å²) in [5.41, 5.74) is 8.35. The third-order valence-corrected chi connectivity index (χ3v) is 4.46. The molecule has 0 bridgehead atoms. The molecule has 4 nitrogen and oxygen atoms in total. The lowest BCUT2D eigenvalue weighted by Crippen LogP contribution is -2.44. The van der Waals surface area contributed by atoms with Crippen molar-refractivity contribution in [2.24, 2.45) is 5.73 Å². The molecule has 1 atom stereocenters. The van der Waals surface area contributed by atoms with Crippen LogP contribution in [0.4, 0.5) is 11.4 Å². The van der Waals surface area contributed by atoms with E-state index in [2.05, 4.69) is 41.1 Å². The fourth-order valence-corrected chi connectivity index (χ4v) is 2.79. The third kappa shape index (κ3) is 3.25. The summed E-state index contributed by atoms with van der Waals surface area (Å²) in [7, 11) is 2.14. The molecule has 0 radical (unpaired) electrons. The molecule has 0 spiro atoms. The summed E-state index contributed by atoms with van der Waals surface area (Å²) in [4.78, 5) is 4.74. The zero-order valence-electron chi connectivity index (χ0n) is 12.7. The molecule has 2 rings (SSSR count). The number of para-hydroxylation sites is 2. The average Bonchev–Trinajstić information content (AvgIpc) is 2.49. The monoisotopic (exact) mass is 277 g/mol. The van der Waals surface area contributed by atoms with Crippen molar-refractivity contribution in [2.75, 3.05) is 43.1 Å². The Hall–Kier alpha value is -1.26. The first-order valence-corrected chi connectivity index (χ1v) is 7.54. The van der Waals surface area contributed by atoms with Crippen LogP contribution in [-0.2, 0) is 0 Å². The minimum absolute atomic E-state index is 0.0722. The van der Waals surface area contributed by atoms with E-state index in [1.165, 1.54) is 11.4 Å². The number of anilines is 2. The van der Waals surface area contributed by atoms with Crippen LogP contribution in [0.25, 0.3) is 0 Å². The molecule has 0 fully saturated rings. The SMILES string of the molecule is CCC(N)(CO)CCCN1CCN(C)c2ccccc21. The second-order valence-corrected chi connectivity index (χ2v) is 5.87. The van der Waals surface area contributed by atoms with Gasteiger partial charge in [0, 0.05) is 32.2 Å². The predicted molar refractivity (Wildman–Crippen MR) is 85.5 cm³/mol. The molecule has 112 valence electrons. The van der Waals surface area contributed by atoms with Crippen molar-refractivity contribution in [1.82, 2.24) is 0 Å². The topological polar surface area (TPSA) is 52.7 Å². The first-order valence-electron chi connectivity index (χ1n) is 7.54. The van der Waals surface area contributed by atoms with Gasteiger partial charge in [-0.3, -0.25) is 0 Å². The van der Waals surface area contributed by atoms with Crippen LogP contribution in [0.1, 0.15) is 26.2 Å². The van der Waals surface area contributed by atoms with Crippen LogP contribution in [0.5, 0.6) is 0 Å². The summed E-state index contributed by atoms with van der Waals surface area (Å²) in [5.74, 6) is 0. The summed E-state index contributed by atoms with van der Waals surface area (Å²) < 4.78 is 0. The summed E-state index contributed by atoms with van der Waals surface area (Å²) in [6.07, 6.45) is 2.71. The van der Waals surface area contributed by atoms with Crippen LogP contribution in [-0.4, -0.2) is 43.9 Å². The van der Waals surface area contributed by atoms with Crippen molar-refractivity contribution in [3.05, 3.63) is 24.3 Å². The van der Waals surface area contributed by atoms with Gasteiger partial charge in [-0.2, -0.15) is 0 Å². The van der Waals surface area contributed by atoms with Gasteiger partial charge < -0.3 is 20.6 Å². The van der Waals surface area contributed by atoms with E-state index in [1.807, 2.05) is 6.92 Å². The fourth-order valence-electron chi connectivity index (χ4n) is 2.79. The fraction of sp³-hybridized carbons (Fsp3) is 0.625. The maximum atomic E-state index is 9.37. The summed E-state index contributed by atoms with van der Waals surface area (Å²) in [6, 6.07) is 8.55. The Labute approximate surface area is 122 Å². The summed E-state index contributed by atoms with van der Waals surface area (Å²) in [5, 5.41) is 9.37.